The first kappa shape index (κ1) is 17.7. The lowest BCUT2D eigenvalue weighted by atomic mass is 10.2. The van der Waals surface area contributed by atoms with E-state index < -0.39 is 17.7 Å². The first-order valence-electron chi connectivity index (χ1n) is 7.24. The number of amides is 3. The van der Waals surface area contributed by atoms with E-state index in [9.17, 15) is 14.4 Å². The van der Waals surface area contributed by atoms with Gasteiger partial charge in [-0.2, -0.15) is 0 Å². The summed E-state index contributed by atoms with van der Waals surface area (Å²) >= 11 is 0. The summed E-state index contributed by atoms with van der Waals surface area (Å²) < 4.78 is 2.03. The molecule has 0 fully saturated rings. The van der Waals surface area contributed by atoms with Crippen LogP contribution < -0.4 is 16.2 Å². The molecular weight excluding hydrogens is 284 g/mol. The minimum atomic E-state index is -0.903. The van der Waals surface area contributed by atoms with Crippen LogP contribution in [-0.2, 0) is 9.59 Å². The maximum Gasteiger partial charge on any atom is 0.327 e. The van der Waals surface area contributed by atoms with Gasteiger partial charge in [-0.15, -0.1) is 0 Å². The van der Waals surface area contributed by atoms with Crippen molar-refractivity contribution in [3.8, 4) is 0 Å². The quantitative estimate of drug-likeness (QED) is 0.574. The Balaban J connectivity index is 2.73. The van der Waals surface area contributed by atoms with Crippen LogP contribution >= 0.6 is 0 Å². The van der Waals surface area contributed by atoms with Gasteiger partial charge in [-0.25, -0.2) is 0 Å². The number of nitrogens with one attached hydrogen (secondary N) is 3. The molecule has 1 aromatic heterocycles. The molecule has 0 saturated heterocycles. The zero-order valence-corrected chi connectivity index (χ0v) is 13.9. The summed E-state index contributed by atoms with van der Waals surface area (Å²) in [5.41, 5.74) is 6.61. The van der Waals surface area contributed by atoms with Crippen LogP contribution in [0.2, 0.25) is 0 Å². The second kappa shape index (κ2) is 7.11. The van der Waals surface area contributed by atoms with Crippen molar-refractivity contribution in [2.75, 3.05) is 0 Å². The minimum absolute atomic E-state index is 0.154. The molecule has 22 heavy (non-hydrogen) atoms. The van der Waals surface area contributed by atoms with E-state index in [1.54, 1.807) is 19.9 Å². The van der Waals surface area contributed by atoms with E-state index in [0.717, 1.165) is 11.4 Å². The number of nitrogens with zero attached hydrogens (tertiary/aromatic N) is 1. The number of carbonyl (C=O) groups is 3. The lowest BCUT2D eigenvalue weighted by Gasteiger charge is -2.14. The van der Waals surface area contributed by atoms with E-state index in [1.807, 2.05) is 32.3 Å². The van der Waals surface area contributed by atoms with E-state index in [2.05, 4.69) is 16.2 Å². The van der Waals surface area contributed by atoms with E-state index >= 15 is 0 Å². The Morgan fingerprint density at radius 1 is 1.00 bits per heavy atom. The van der Waals surface area contributed by atoms with Gasteiger partial charge < -0.3 is 9.88 Å². The van der Waals surface area contributed by atoms with Crippen LogP contribution in [0.4, 0.5) is 0 Å². The van der Waals surface area contributed by atoms with Crippen molar-refractivity contribution in [3.05, 3.63) is 23.0 Å². The molecule has 0 aromatic carbocycles. The Hall–Kier alpha value is -2.31. The molecule has 3 N–H and O–H groups in total. The summed E-state index contributed by atoms with van der Waals surface area (Å²) in [5, 5.41) is 2.44. The van der Waals surface area contributed by atoms with Crippen molar-refractivity contribution in [2.24, 2.45) is 0 Å². The van der Waals surface area contributed by atoms with Crippen LogP contribution in [0.3, 0.4) is 0 Å². The van der Waals surface area contributed by atoms with Crippen LogP contribution in [0, 0.1) is 13.8 Å². The second-order valence-corrected chi connectivity index (χ2v) is 5.78. The predicted octanol–water partition coefficient (Wildman–Crippen LogP) is 0.971. The molecule has 122 valence electrons. The van der Waals surface area contributed by atoms with Gasteiger partial charge in [0.15, 0.2) is 0 Å². The Bertz CT molecular complexity index is 588. The fourth-order valence-corrected chi connectivity index (χ4v) is 2.37. The summed E-state index contributed by atoms with van der Waals surface area (Å²) in [7, 11) is 0. The third kappa shape index (κ3) is 4.09. The lowest BCUT2D eigenvalue weighted by molar-refractivity contribution is -0.139. The molecule has 0 saturated carbocycles. The largest absolute Gasteiger partial charge is 0.346 e. The van der Waals surface area contributed by atoms with Crippen molar-refractivity contribution in [1.82, 2.24) is 20.7 Å². The number of hydrogen-bond donors (Lipinski definition) is 3. The molecule has 1 aromatic rings. The van der Waals surface area contributed by atoms with Crippen LogP contribution in [-0.4, -0.2) is 28.3 Å². The summed E-state index contributed by atoms with van der Waals surface area (Å²) in [6.45, 7) is 11.3. The molecule has 3 amide bonds. The third-order valence-corrected chi connectivity index (χ3v) is 3.16. The zero-order chi connectivity index (χ0) is 17.0. The molecule has 1 rings (SSSR count). The van der Waals surface area contributed by atoms with Gasteiger partial charge in [0, 0.05) is 23.5 Å². The van der Waals surface area contributed by atoms with Gasteiger partial charge in [0.05, 0.1) is 5.56 Å². The maximum atomic E-state index is 12.1. The predicted molar refractivity (Wildman–Crippen MR) is 83.2 cm³/mol. The molecule has 0 unspecified atom stereocenters. The van der Waals surface area contributed by atoms with Gasteiger partial charge in [0.25, 0.3) is 5.91 Å². The van der Waals surface area contributed by atoms with E-state index in [4.69, 9.17) is 0 Å². The van der Waals surface area contributed by atoms with Crippen LogP contribution in [0.5, 0.6) is 0 Å². The highest BCUT2D eigenvalue weighted by molar-refractivity contribution is 6.35. The van der Waals surface area contributed by atoms with Crippen molar-refractivity contribution < 1.29 is 14.4 Å². The van der Waals surface area contributed by atoms with Crippen LogP contribution in [0.25, 0.3) is 0 Å². The topological polar surface area (TPSA) is 92.2 Å². The monoisotopic (exact) mass is 308 g/mol. The lowest BCUT2D eigenvalue weighted by Crippen LogP contribution is -2.49. The number of hydrazine groups is 1. The van der Waals surface area contributed by atoms with Gasteiger partial charge in [-0.3, -0.25) is 25.2 Å². The number of carbonyl (C=O) groups excluding carboxylic acids is 3. The molecule has 0 aliphatic heterocycles. The van der Waals surface area contributed by atoms with Gasteiger partial charge in [-0.1, -0.05) is 0 Å². The molecule has 7 heteroatoms. The Morgan fingerprint density at radius 2 is 1.59 bits per heavy atom. The van der Waals surface area contributed by atoms with Crippen LogP contribution in [0.15, 0.2) is 6.07 Å². The molecule has 0 aliphatic rings. The summed E-state index contributed by atoms with van der Waals surface area (Å²) in [4.78, 5) is 35.1. The molecule has 1 heterocycles. The number of aromatic nitrogens is 1. The second-order valence-electron chi connectivity index (χ2n) is 5.78. The molecular formula is C15H24N4O3. The Kier molecular flexibility index (Phi) is 5.73. The number of hydrogen-bond acceptors (Lipinski definition) is 3. The van der Waals surface area contributed by atoms with Crippen LogP contribution in [0.1, 0.15) is 55.5 Å². The van der Waals surface area contributed by atoms with E-state index in [-0.39, 0.29) is 12.1 Å². The highest BCUT2D eigenvalue weighted by Gasteiger charge is 2.19. The summed E-state index contributed by atoms with van der Waals surface area (Å²) in [5.74, 6) is -2.15. The first-order chi connectivity index (χ1) is 10.1. The fraction of sp³-hybridized carbons (Fsp3) is 0.533. The minimum Gasteiger partial charge on any atom is -0.346 e. The molecule has 0 bridgehead atoms. The Labute approximate surface area is 130 Å². The molecule has 0 atom stereocenters. The molecule has 0 spiro atoms. The number of rotatable bonds is 3. The fourth-order valence-electron chi connectivity index (χ4n) is 2.37. The van der Waals surface area contributed by atoms with Crippen molar-refractivity contribution >= 4 is 17.7 Å². The zero-order valence-electron chi connectivity index (χ0n) is 13.9. The van der Waals surface area contributed by atoms with Gasteiger partial charge >= 0.3 is 11.8 Å². The molecule has 0 aliphatic carbocycles. The van der Waals surface area contributed by atoms with Crippen molar-refractivity contribution in [1.29, 1.82) is 0 Å². The molecule has 0 radical (unpaired) electrons. The van der Waals surface area contributed by atoms with Crippen molar-refractivity contribution in [2.45, 2.75) is 53.6 Å². The smallest absolute Gasteiger partial charge is 0.327 e. The summed E-state index contributed by atoms with van der Waals surface area (Å²) in [6.07, 6.45) is 0. The Morgan fingerprint density at radius 3 is 2.05 bits per heavy atom. The average Bonchev–Trinajstić information content (AvgIpc) is 2.69. The van der Waals surface area contributed by atoms with E-state index in [0.29, 0.717) is 5.56 Å². The highest BCUT2D eigenvalue weighted by atomic mass is 16.2. The maximum absolute atomic E-state index is 12.1. The average molecular weight is 308 g/mol. The first-order valence-corrected chi connectivity index (χ1v) is 7.24. The van der Waals surface area contributed by atoms with E-state index in [1.165, 1.54) is 0 Å². The standard InChI is InChI=1S/C15H24N4O3/c1-8(2)16-14(21)15(22)18-17-13(20)12-7-10(5)19(9(3)4)11(12)6/h7-9H,1-6H3,(H,16,21)(H,17,20)(H,18,22). The third-order valence-electron chi connectivity index (χ3n) is 3.16. The SMILES string of the molecule is Cc1cc(C(=O)NNC(=O)C(=O)NC(C)C)c(C)n1C(C)C. The van der Waals surface area contributed by atoms with Gasteiger partial charge in [-0.05, 0) is 47.6 Å². The molecule has 7 nitrogen and oxygen atoms in total. The van der Waals surface area contributed by atoms with Crippen molar-refractivity contribution in [3.63, 3.8) is 0 Å². The normalized spacial score (nSPS) is 10.7. The highest BCUT2D eigenvalue weighted by Crippen LogP contribution is 2.19. The van der Waals surface area contributed by atoms with Gasteiger partial charge in [0.1, 0.15) is 0 Å². The number of aryl methyl sites for hydroxylation is 1. The summed E-state index contributed by atoms with van der Waals surface area (Å²) in [6, 6.07) is 1.83. The van der Waals surface area contributed by atoms with Gasteiger partial charge in [0.2, 0.25) is 0 Å².